The lowest BCUT2D eigenvalue weighted by molar-refractivity contribution is -0.136. The number of carbonyl (C=O) groups is 3. The van der Waals surface area contributed by atoms with Crippen LogP contribution in [0.5, 0.6) is 0 Å². The number of fused-ring (bicyclic) bond motifs is 1. The van der Waals surface area contributed by atoms with Crippen molar-refractivity contribution >= 4 is 28.9 Å². The van der Waals surface area contributed by atoms with Gasteiger partial charge in [0.1, 0.15) is 5.52 Å². The highest BCUT2D eigenvalue weighted by Gasteiger charge is 2.31. The first-order valence-corrected chi connectivity index (χ1v) is 7.64. The number of esters is 1. The molecule has 1 aliphatic heterocycles. The van der Waals surface area contributed by atoms with E-state index < -0.39 is 24.0 Å². The van der Waals surface area contributed by atoms with Gasteiger partial charge in [-0.3, -0.25) is 9.69 Å². The van der Waals surface area contributed by atoms with Gasteiger partial charge in [0.2, 0.25) is 0 Å². The molecule has 1 atom stereocenters. The molecular weight excluding hydrogens is 314 g/mol. The zero-order valence-electron chi connectivity index (χ0n) is 13.4. The second-order valence-electron chi connectivity index (χ2n) is 5.38. The predicted octanol–water partition coefficient (Wildman–Crippen LogP) is 0.548. The van der Waals surface area contributed by atoms with Crippen LogP contribution >= 0.6 is 0 Å². The highest BCUT2D eigenvalue weighted by Crippen LogP contribution is 2.15. The van der Waals surface area contributed by atoms with Crippen LogP contribution < -0.4 is 5.32 Å². The van der Waals surface area contributed by atoms with Crippen molar-refractivity contribution in [1.82, 2.24) is 25.2 Å². The fourth-order valence-electron chi connectivity index (χ4n) is 2.51. The van der Waals surface area contributed by atoms with Gasteiger partial charge >= 0.3 is 12.0 Å². The van der Waals surface area contributed by atoms with Crippen molar-refractivity contribution in [2.45, 2.75) is 26.5 Å². The van der Waals surface area contributed by atoms with Crippen LogP contribution in [0.2, 0.25) is 0 Å². The molecule has 1 fully saturated rings. The van der Waals surface area contributed by atoms with Crippen LogP contribution in [0.15, 0.2) is 18.2 Å². The third-order valence-corrected chi connectivity index (χ3v) is 3.80. The van der Waals surface area contributed by atoms with E-state index in [1.54, 1.807) is 22.9 Å². The summed E-state index contributed by atoms with van der Waals surface area (Å²) in [6.45, 7) is 4.72. The number of imide groups is 1. The van der Waals surface area contributed by atoms with Crippen LogP contribution in [0.4, 0.5) is 4.79 Å². The van der Waals surface area contributed by atoms with Gasteiger partial charge in [-0.15, -0.1) is 5.10 Å². The number of rotatable bonds is 4. The van der Waals surface area contributed by atoms with Gasteiger partial charge in [0.15, 0.2) is 6.10 Å². The quantitative estimate of drug-likeness (QED) is 0.820. The molecule has 0 spiro atoms. The van der Waals surface area contributed by atoms with Gasteiger partial charge in [0.25, 0.3) is 5.91 Å². The Bertz CT molecular complexity index is 815. The van der Waals surface area contributed by atoms with E-state index >= 15 is 0 Å². The molecule has 1 aromatic carbocycles. The molecule has 126 valence electrons. The zero-order chi connectivity index (χ0) is 17.3. The van der Waals surface area contributed by atoms with Gasteiger partial charge in [-0.25, -0.2) is 14.3 Å². The van der Waals surface area contributed by atoms with E-state index in [4.69, 9.17) is 4.74 Å². The summed E-state index contributed by atoms with van der Waals surface area (Å²) in [6, 6.07) is 4.42. The van der Waals surface area contributed by atoms with Crippen molar-refractivity contribution in [2.24, 2.45) is 0 Å². The summed E-state index contributed by atoms with van der Waals surface area (Å²) < 4.78 is 6.89. The third-order valence-electron chi connectivity index (χ3n) is 3.80. The largest absolute Gasteiger partial charge is 0.449 e. The topological polar surface area (TPSA) is 106 Å². The number of nitrogens with zero attached hydrogens (tertiary/aromatic N) is 4. The van der Waals surface area contributed by atoms with Gasteiger partial charge in [-0.2, -0.15) is 0 Å². The first-order chi connectivity index (χ1) is 11.5. The van der Waals surface area contributed by atoms with Crippen molar-refractivity contribution in [3.05, 3.63) is 23.8 Å². The molecule has 1 saturated heterocycles. The van der Waals surface area contributed by atoms with Crippen LogP contribution in [0.1, 0.15) is 24.2 Å². The van der Waals surface area contributed by atoms with Gasteiger partial charge in [-0.1, -0.05) is 5.21 Å². The minimum Gasteiger partial charge on any atom is -0.449 e. The van der Waals surface area contributed by atoms with Crippen molar-refractivity contribution < 1.29 is 19.1 Å². The summed E-state index contributed by atoms with van der Waals surface area (Å²) in [7, 11) is 0. The van der Waals surface area contributed by atoms with E-state index in [0.717, 1.165) is 10.4 Å². The summed E-state index contributed by atoms with van der Waals surface area (Å²) >= 11 is 0. The average molecular weight is 331 g/mol. The fourth-order valence-corrected chi connectivity index (χ4v) is 2.51. The van der Waals surface area contributed by atoms with E-state index in [9.17, 15) is 14.4 Å². The smallest absolute Gasteiger partial charge is 0.338 e. The molecule has 0 unspecified atom stereocenters. The molecular formula is C15H17N5O4. The number of benzene rings is 1. The van der Waals surface area contributed by atoms with Crippen LogP contribution in [-0.4, -0.2) is 57.0 Å². The Hall–Kier alpha value is -2.97. The molecule has 24 heavy (non-hydrogen) atoms. The number of aryl methyl sites for hydroxylation is 1. The Balaban J connectivity index is 1.72. The number of amides is 3. The summed E-state index contributed by atoms with van der Waals surface area (Å²) in [4.78, 5) is 36.9. The van der Waals surface area contributed by atoms with E-state index in [2.05, 4.69) is 15.6 Å². The van der Waals surface area contributed by atoms with Gasteiger partial charge in [0, 0.05) is 19.6 Å². The van der Waals surface area contributed by atoms with Crippen LogP contribution in [0, 0.1) is 0 Å². The molecule has 2 heterocycles. The molecule has 3 amide bonds. The number of aromatic nitrogens is 3. The lowest BCUT2D eigenvalue weighted by Crippen LogP contribution is -2.41. The van der Waals surface area contributed by atoms with Crippen molar-refractivity contribution in [1.29, 1.82) is 0 Å². The van der Waals surface area contributed by atoms with Gasteiger partial charge in [-0.05, 0) is 32.0 Å². The molecule has 1 aromatic heterocycles. The second-order valence-corrected chi connectivity index (χ2v) is 5.38. The summed E-state index contributed by atoms with van der Waals surface area (Å²) in [5.74, 6) is -1.19. The molecule has 3 rings (SSSR count). The highest BCUT2D eigenvalue weighted by atomic mass is 16.5. The minimum absolute atomic E-state index is 0.269. The standard InChI is InChI=1S/C15H17N5O4/c1-3-20-12-5-4-10(8-11(12)17-18-20)14(22)24-9(2)13(21)19-7-6-16-15(19)23/h4-5,8-9H,3,6-7H2,1-2H3,(H,16,23)/t9-/m0/s1. The SMILES string of the molecule is CCn1nnc2cc(C(=O)O[C@@H](C)C(=O)N3CCNC3=O)ccc21. The molecule has 1 N–H and O–H groups in total. The van der Waals surface area contributed by atoms with Crippen molar-refractivity contribution in [3.8, 4) is 0 Å². The monoisotopic (exact) mass is 331 g/mol. The number of ether oxygens (including phenoxy) is 1. The minimum atomic E-state index is -1.05. The van der Waals surface area contributed by atoms with Crippen molar-refractivity contribution in [3.63, 3.8) is 0 Å². The Morgan fingerprint density at radius 3 is 2.88 bits per heavy atom. The maximum Gasteiger partial charge on any atom is 0.338 e. The number of carbonyl (C=O) groups excluding carboxylic acids is 3. The van der Waals surface area contributed by atoms with E-state index in [0.29, 0.717) is 18.6 Å². The highest BCUT2D eigenvalue weighted by molar-refractivity contribution is 6.00. The van der Waals surface area contributed by atoms with Crippen molar-refractivity contribution in [2.75, 3.05) is 13.1 Å². The Labute approximate surface area is 137 Å². The lowest BCUT2D eigenvalue weighted by Gasteiger charge is -2.18. The molecule has 0 aliphatic carbocycles. The van der Waals surface area contributed by atoms with E-state index in [1.165, 1.54) is 6.92 Å². The van der Waals surface area contributed by atoms with E-state index in [1.807, 2.05) is 6.92 Å². The van der Waals surface area contributed by atoms with Gasteiger partial charge in [0.05, 0.1) is 11.1 Å². The summed E-state index contributed by atoms with van der Waals surface area (Å²) in [6.07, 6.45) is -1.05. The average Bonchev–Trinajstić information content (AvgIpc) is 3.18. The Kier molecular flexibility index (Phi) is 4.15. The second kappa shape index (κ2) is 6.26. The normalized spacial score (nSPS) is 15.4. The van der Waals surface area contributed by atoms with Crippen LogP contribution in [-0.2, 0) is 16.1 Å². The molecule has 1 aliphatic rings. The summed E-state index contributed by atoms with van der Waals surface area (Å²) in [5, 5.41) is 10.5. The molecule has 9 heteroatoms. The van der Waals surface area contributed by atoms with E-state index in [-0.39, 0.29) is 12.1 Å². The number of hydrogen-bond donors (Lipinski definition) is 1. The van der Waals surface area contributed by atoms with Gasteiger partial charge < -0.3 is 10.1 Å². The number of nitrogens with one attached hydrogen (secondary N) is 1. The molecule has 0 saturated carbocycles. The maximum absolute atomic E-state index is 12.2. The maximum atomic E-state index is 12.2. The third kappa shape index (κ3) is 2.80. The predicted molar refractivity (Wildman–Crippen MR) is 83.2 cm³/mol. The fraction of sp³-hybridized carbons (Fsp3) is 0.400. The number of hydrogen-bond acceptors (Lipinski definition) is 6. The van der Waals surface area contributed by atoms with Crippen LogP contribution in [0.3, 0.4) is 0 Å². The lowest BCUT2D eigenvalue weighted by atomic mass is 10.2. The summed E-state index contributed by atoms with van der Waals surface area (Å²) in [5.41, 5.74) is 1.66. The first-order valence-electron chi connectivity index (χ1n) is 7.64. The molecule has 9 nitrogen and oxygen atoms in total. The molecule has 0 radical (unpaired) electrons. The Morgan fingerprint density at radius 1 is 1.42 bits per heavy atom. The first kappa shape index (κ1) is 15.9. The molecule has 2 aromatic rings. The number of urea groups is 1. The van der Waals surface area contributed by atoms with Crippen LogP contribution in [0.25, 0.3) is 11.0 Å². The zero-order valence-corrected chi connectivity index (χ0v) is 13.4. The Morgan fingerprint density at radius 2 is 2.21 bits per heavy atom. The molecule has 0 bridgehead atoms.